The summed E-state index contributed by atoms with van der Waals surface area (Å²) in [4.78, 5) is 0. The molecule has 2 N–H and O–H groups in total. The van der Waals surface area contributed by atoms with E-state index in [0.29, 0.717) is 19.8 Å². The number of nitrogens with zero attached hydrogens (tertiary/aromatic N) is 2. The van der Waals surface area contributed by atoms with Crippen molar-refractivity contribution in [2.45, 2.75) is 12.8 Å². The van der Waals surface area contributed by atoms with Gasteiger partial charge in [-0.2, -0.15) is 5.10 Å². The standard InChI is InChI=1S/C7H11BN2O5/c11-8(12)15-6-3-9-10(4-6)5-7-13-1-2-14-7/h3-4,7,11-12H,1-2,5H2. The maximum absolute atomic E-state index is 8.55. The summed E-state index contributed by atoms with van der Waals surface area (Å²) in [6.07, 6.45) is 2.62. The van der Waals surface area contributed by atoms with Gasteiger partial charge in [-0.3, -0.25) is 4.68 Å². The van der Waals surface area contributed by atoms with Crippen LogP contribution in [-0.2, 0) is 16.0 Å². The molecule has 0 saturated carbocycles. The Morgan fingerprint density at radius 3 is 2.93 bits per heavy atom. The third-order valence-electron chi connectivity index (χ3n) is 1.88. The molecule has 15 heavy (non-hydrogen) atoms. The van der Waals surface area contributed by atoms with E-state index >= 15 is 0 Å². The fraction of sp³-hybridized carbons (Fsp3) is 0.571. The molecule has 0 bridgehead atoms. The van der Waals surface area contributed by atoms with E-state index in [1.54, 1.807) is 4.68 Å². The normalized spacial score (nSPS) is 16.9. The van der Waals surface area contributed by atoms with E-state index in [1.165, 1.54) is 12.4 Å². The molecule has 8 heteroatoms. The first-order valence-electron chi connectivity index (χ1n) is 4.52. The Hall–Kier alpha value is -1.09. The van der Waals surface area contributed by atoms with E-state index in [-0.39, 0.29) is 12.0 Å². The van der Waals surface area contributed by atoms with Gasteiger partial charge in [-0.15, -0.1) is 0 Å². The molecule has 1 aromatic rings. The maximum atomic E-state index is 8.55. The van der Waals surface area contributed by atoms with Gasteiger partial charge in [0.2, 0.25) is 0 Å². The average Bonchev–Trinajstić information content (AvgIpc) is 2.77. The Balaban J connectivity index is 1.88. The largest absolute Gasteiger partial charge is 0.707 e. The van der Waals surface area contributed by atoms with Gasteiger partial charge in [0.05, 0.1) is 32.2 Å². The second-order valence-electron chi connectivity index (χ2n) is 3.01. The van der Waals surface area contributed by atoms with Gasteiger partial charge in [0.25, 0.3) is 0 Å². The highest BCUT2D eigenvalue weighted by Gasteiger charge is 2.18. The Morgan fingerprint density at radius 2 is 2.27 bits per heavy atom. The highest BCUT2D eigenvalue weighted by Crippen LogP contribution is 2.11. The molecule has 0 aromatic carbocycles. The van der Waals surface area contributed by atoms with Crippen molar-refractivity contribution in [1.29, 1.82) is 0 Å². The molecule has 1 aliphatic heterocycles. The molecule has 0 atom stereocenters. The van der Waals surface area contributed by atoms with Gasteiger partial charge >= 0.3 is 7.32 Å². The maximum Gasteiger partial charge on any atom is 0.707 e. The molecule has 1 fully saturated rings. The van der Waals surface area contributed by atoms with Crippen molar-refractivity contribution >= 4 is 7.32 Å². The summed E-state index contributed by atoms with van der Waals surface area (Å²) in [7, 11) is -1.83. The first-order valence-corrected chi connectivity index (χ1v) is 4.52. The van der Waals surface area contributed by atoms with Crippen LogP contribution in [0.1, 0.15) is 0 Å². The quantitative estimate of drug-likeness (QED) is 0.599. The van der Waals surface area contributed by atoms with E-state index in [0.717, 1.165) is 0 Å². The highest BCUT2D eigenvalue weighted by atomic mass is 16.7. The zero-order valence-electron chi connectivity index (χ0n) is 7.94. The van der Waals surface area contributed by atoms with E-state index < -0.39 is 7.32 Å². The van der Waals surface area contributed by atoms with Crippen molar-refractivity contribution in [1.82, 2.24) is 9.78 Å². The molecule has 1 saturated heterocycles. The molecule has 2 rings (SSSR count). The lowest BCUT2D eigenvalue weighted by Crippen LogP contribution is -2.20. The van der Waals surface area contributed by atoms with Gasteiger partial charge < -0.3 is 24.2 Å². The van der Waals surface area contributed by atoms with Crippen LogP contribution in [0.15, 0.2) is 12.4 Å². The predicted octanol–water partition coefficient (Wildman–Crippen LogP) is -1.40. The predicted molar refractivity (Wildman–Crippen MR) is 48.7 cm³/mol. The topological polar surface area (TPSA) is 86.0 Å². The molecule has 82 valence electrons. The van der Waals surface area contributed by atoms with E-state index in [2.05, 4.69) is 9.75 Å². The summed E-state index contributed by atoms with van der Waals surface area (Å²) >= 11 is 0. The lowest BCUT2D eigenvalue weighted by atomic mass is 10.3. The number of hydrogen-bond donors (Lipinski definition) is 2. The van der Waals surface area contributed by atoms with E-state index in [1.807, 2.05) is 0 Å². The Morgan fingerprint density at radius 1 is 1.53 bits per heavy atom. The molecule has 0 unspecified atom stereocenters. The average molecular weight is 214 g/mol. The smallest absolute Gasteiger partial charge is 0.509 e. The lowest BCUT2D eigenvalue weighted by molar-refractivity contribution is -0.0545. The van der Waals surface area contributed by atoms with Crippen LogP contribution in [0.4, 0.5) is 0 Å². The van der Waals surface area contributed by atoms with Crippen LogP contribution in [0.25, 0.3) is 0 Å². The summed E-state index contributed by atoms with van der Waals surface area (Å²) < 4.78 is 16.6. The third-order valence-corrected chi connectivity index (χ3v) is 1.88. The van der Waals surface area contributed by atoms with Crippen molar-refractivity contribution in [2.24, 2.45) is 0 Å². The monoisotopic (exact) mass is 214 g/mol. The molecular formula is C7H11BN2O5. The van der Waals surface area contributed by atoms with Gasteiger partial charge in [0.15, 0.2) is 6.29 Å². The SMILES string of the molecule is OB(O)Oc1cnn(CC2OCCO2)c1. The molecule has 0 amide bonds. The second-order valence-corrected chi connectivity index (χ2v) is 3.01. The molecule has 2 heterocycles. The molecule has 1 aromatic heterocycles. The highest BCUT2D eigenvalue weighted by molar-refractivity contribution is 6.33. The number of aromatic nitrogens is 2. The van der Waals surface area contributed by atoms with Crippen molar-refractivity contribution < 1.29 is 24.2 Å². The Labute approximate surface area is 86.3 Å². The Bertz CT molecular complexity index is 312. The fourth-order valence-corrected chi connectivity index (χ4v) is 1.29. The van der Waals surface area contributed by atoms with Gasteiger partial charge in [-0.1, -0.05) is 0 Å². The van der Waals surface area contributed by atoms with Crippen LogP contribution in [-0.4, -0.2) is 46.7 Å². The minimum atomic E-state index is -1.83. The summed E-state index contributed by atoms with van der Waals surface area (Å²) in [5.74, 6) is 0.281. The lowest BCUT2D eigenvalue weighted by Gasteiger charge is -2.07. The zero-order chi connectivity index (χ0) is 10.7. The van der Waals surface area contributed by atoms with Crippen LogP contribution in [0.2, 0.25) is 0 Å². The van der Waals surface area contributed by atoms with Gasteiger partial charge in [-0.05, 0) is 0 Å². The Kier molecular flexibility index (Phi) is 3.22. The fourth-order valence-electron chi connectivity index (χ4n) is 1.29. The summed E-state index contributed by atoms with van der Waals surface area (Å²) in [6.45, 7) is 1.63. The minimum absolute atomic E-state index is 0.281. The van der Waals surface area contributed by atoms with Gasteiger partial charge in [0, 0.05) is 0 Å². The number of rotatable bonds is 4. The number of hydrogen-bond acceptors (Lipinski definition) is 6. The van der Waals surface area contributed by atoms with Crippen LogP contribution >= 0.6 is 0 Å². The molecular weight excluding hydrogens is 203 g/mol. The van der Waals surface area contributed by atoms with Crippen molar-refractivity contribution in [3.8, 4) is 5.75 Å². The first kappa shape index (κ1) is 10.4. The first-order chi connectivity index (χ1) is 7.24. The van der Waals surface area contributed by atoms with Crippen LogP contribution < -0.4 is 4.65 Å². The van der Waals surface area contributed by atoms with Crippen LogP contribution in [0.3, 0.4) is 0 Å². The third kappa shape index (κ3) is 2.93. The molecule has 0 aliphatic carbocycles. The zero-order valence-corrected chi connectivity index (χ0v) is 7.94. The number of ether oxygens (including phenoxy) is 2. The van der Waals surface area contributed by atoms with Crippen molar-refractivity contribution in [3.63, 3.8) is 0 Å². The molecule has 1 aliphatic rings. The van der Waals surface area contributed by atoms with Gasteiger partial charge in [-0.25, -0.2) is 0 Å². The molecule has 7 nitrogen and oxygen atoms in total. The summed E-state index contributed by atoms with van der Waals surface area (Å²) in [5.41, 5.74) is 0. The van der Waals surface area contributed by atoms with Gasteiger partial charge in [0.1, 0.15) is 5.75 Å². The van der Waals surface area contributed by atoms with Crippen molar-refractivity contribution in [3.05, 3.63) is 12.4 Å². The molecule has 0 radical (unpaired) electrons. The molecule has 0 spiro atoms. The summed E-state index contributed by atoms with van der Waals surface area (Å²) in [5, 5.41) is 21.0. The minimum Gasteiger partial charge on any atom is -0.509 e. The summed E-state index contributed by atoms with van der Waals surface area (Å²) in [6, 6.07) is 0. The van der Waals surface area contributed by atoms with Crippen LogP contribution in [0.5, 0.6) is 5.75 Å². The van der Waals surface area contributed by atoms with Crippen molar-refractivity contribution in [2.75, 3.05) is 13.2 Å². The second kappa shape index (κ2) is 4.62. The van der Waals surface area contributed by atoms with E-state index in [9.17, 15) is 0 Å². The van der Waals surface area contributed by atoms with E-state index in [4.69, 9.17) is 19.5 Å². The van der Waals surface area contributed by atoms with Crippen LogP contribution in [0, 0.1) is 0 Å².